The number of aromatic nitrogens is 1. The number of fused-ring (bicyclic) bond motifs is 1. The van der Waals surface area contributed by atoms with E-state index in [0.717, 1.165) is 34.4 Å². The molecular weight excluding hydrogens is 457 g/mol. The molecule has 4 rings (SSSR count). The van der Waals surface area contributed by atoms with E-state index in [9.17, 15) is 27.6 Å². The van der Waals surface area contributed by atoms with Crippen LogP contribution in [0.3, 0.4) is 0 Å². The second-order valence-electron chi connectivity index (χ2n) is 7.82. The Morgan fingerprint density at radius 1 is 1.03 bits per heavy atom. The van der Waals surface area contributed by atoms with Gasteiger partial charge >= 0.3 is 6.18 Å². The minimum atomic E-state index is -4.53. The highest BCUT2D eigenvalue weighted by Gasteiger charge is 2.31. The first-order chi connectivity index (χ1) is 15.6. The molecule has 33 heavy (non-hydrogen) atoms. The fourth-order valence-corrected chi connectivity index (χ4v) is 4.12. The molecule has 1 heterocycles. The summed E-state index contributed by atoms with van der Waals surface area (Å²) in [6.45, 7) is 1.83. The van der Waals surface area contributed by atoms with E-state index in [4.69, 9.17) is 11.6 Å². The Kier molecular flexibility index (Phi) is 5.88. The number of alkyl halides is 3. The average molecular weight is 475 g/mol. The number of halogens is 4. The van der Waals surface area contributed by atoms with Crippen molar-refractivity contribution in [2.45, 2.75) is 32.4 Å². The number of Topliss-reactive ketones (excluding diaryl/α,β-unsaturated/α-hetero) is 1. The largest absolute Gasteiger partial charge is 0.416 e. The van der Waals surface area contributed by atoms with Gasteiger partial charge < -0.3 is 5.32 Å². The van der Waals surface area contributed by atoms with E-state index >= 15 is 0 Å². The van der Waals surface area contributed by atoms with Crippen molar-refractivity contribution in [1.82, 2.24) is 4.57 Å². The number of amides is 1. The van der Waals surface area contributed by atoms with Crippen molar-refractivity contribution < 1.29 is 22.8 Å². The summed E-state index contributed by atoms with van der Waals surface area (Å²) in [6.07, 6.45) is -3.41. The van der Waals surface area contributed by atoms with Crippen molar-refractivity contribution in [2.24, 2.45) is 0 Å². The molecule has 0 saturated heterocycles. The first-order valence-electron chi connectivity index (χ1n) is 10.1. The fourth-order valence-electron chi connectivity index (χ4n) is 3.84. The van der Waals surface area contributed by atoms with Gasteiger partial charge in [-0.2, -0.15) is 13.2 Å². The Morgan fingerprint density at radius 3 is 2.36 bits per heavy atom. The van der Waals surface area contributed by atoms with Gasteiger partial charge in [0.15, 0.2) is 5.78 Å². The van der Waals surface area contributed by atoms with E-state index in [1.165, 1.54) is 6.07 Å². The molecule has 170 valence electrons. The van der Waals surface area contributed by atoms with Crippen LogP contribution in [0.2, 0.25) is 5.02 Å². The minimum Gasteiger partial charge on any atom is -0.320 e. The van der Waals surface area contributed by atoms with Crippen LogP contribution in [0.25, 0.3) is 5.69 Å². The van der Waals surface area contributed by atoms with Crippen molar-refractivity contribution in [3.8, 4) is 5.69 Å². The number of hydrogen-bond donors (Lipinski definition) is 1. The summed E-state index contributed by atoms with van der Waals surface area (Å²) < 4.78 is 40.1. The van der Waals surface area contributed by atoms with Gasteiger partial charge in [-0.15, -0.1) is 0 Å². The fraction of sp³-hybridized carbons (Fsp3) is 0.208. The number of carbonyl (C=O) groups is 2. The summed E-state index contributed by atoms with van der Waals surface area (Å²) in [5, 5.41) is 2.86. The van der Waals surface area contributed by atoms with E-state index in [1.807, 2.05) is 6.92 Å². The zero-order valence-electron chi connectivity index (χ0n) is 17.4. The van der Waals surface area contributed by atoms with Crippen LogP contribution < -0.4 is 10.9 Å². The smallest absolute Gasteiger partial charge is 0.320 e. The average Bonchev–Trinajstić information content (AvgIpc) is 2.75. The van der Waals surface area contributed by atoms with Gasteiger partial charge in [-0.05, 0) is 67.8 Å². The SMILES string of the molecule is Cc1ccc(NC(=O)c2cc3c(n(-c4ccc(C(F)(F)F)cc4)c2=O)CCCC3=O)c(Cl)c1. The van der Waals surface area contributed by atoms with Gasteiger partial charge in [-0.25, -0.2) is 0 Å². The molecule has 0 bridgehead atoms. The van der Waals surface area contributed by atoms with E-state index in [1.54, 1.807) is 18.2 Å². The maximum absolute atomic E-state index is 13.3. The van der Waals surface area contributed by atoms with Gasteiger partial charge in [0, 0.05) is 23.4 Å². The number of benzene rings is 2. The van der Waals surface area contributed by atoms with Gasteiger partial charge in [0.2, 0.25) is 0 Å². The van der Waals surface area contributed by atoms with E-state index in [-0.39, 0.29) is 39.7 Å². The normalized spacial score (nSPS) is 13.5. The predicted octanol–water partition coefficient (Wildman–Crippen LogP) is 5.59. The third-order valence-corrected chi connectivity index (χ3v) is 5.80. The van der Waals surface area contributed by atoms with E-state index < -0.39 is 23.2 Å². The molecule has 0 spiro atoms. The van der Waals surface area contributed by atoms with Crippen molar-refractivity contribution in [1.29, 1.82) is 0 Å². The van der Waals surface area contributed by atoms with Gasteiger partial charge in [0.1, 0.15) is 5.56 Å². The lowest BCUT2D eigenvalue weighted by Crippen LogP contribution is -2.33. The van der Waals surface area contributed by atoms with Crippen LogP contribution in [0.4, 0.5) is 18.9 Å². The van der Waals surface area contributed by atoms with Crippen LogP contribution in [-0.2, 0) is 12.6 Å². The number of rotatable bonds is 3. The molecule has 1 aliphatic rings. The molecule has 1 N–H and O–H groups in total. The summed E-state index contributed by atoms with van der Waals surface area (Å²) >= 11 is 6.17. The van der Waals surface area contributed by atoms with Crippen LogP contribution in [0.5, 0.6) is 0 Å². The number of ketones is 1. The van der Waals surface area contributed by atoms with Gasteiger partial charge in [0.05, 0.1) is 16.3 Å². The maximum atomic E-state index is 13.3. The third-order valence-electron chi connectivity index (χ3n) is 5.49. The number of anilines is 1. The number of nitrogens with one attached hydrogen (secondary N) is 1. The lowest BCUT2D eigenvalue weighted by atomic mass is 9.92. The zero-order chi connectivity index (χ0) is 23.9. The van der Waals surface area contributed by atoms with Crippen LogP contribution in [0.1, 0.15) is 50.4 Å². The Hall–Kier alpha value is -3.39. The molecule has 0 fully saturated rings. The molecule has 0 radical (unpaired) electrons. The molecule has 3 aromatic rings. The molecule has 0 saturated carbocycles. The Balaban J connectivity index is 1.84. The molecule has 0 unspecified atom stereocenters. The van der Waals surface area contributed by atoms with E-state index in [0.29, 0.717) is 18.5 Å². The zero-order valence-corrected chi connectivity index (χ0v) is 18.2. The standard InChI is InChI=1S/C24H18ClF3N2O3/c1-13-5-10-19(18(25)11-13)29-22(32)17-12-16-20(3-2-4-21(16)31)30(23(17)33)15-8-6-14(7-9-15)24(26,27)28/h5-12H,2-4H2,1H3,(H,29,32). The topological polar surface area (TPSA) is 68.2 Å². The van der Waals surface area contributed by atoms with Crippen LogP contribution in [-0.4, -0.2) is 16.3 Å². The van der Waals surface area contributed by atoms with Crippen LogP contribution in [0.15, 0.2) is 53.3 Å². The molecule has 0 atom stereocenters. The molecule has 1 aliphatic carbocycles. The monoisotopic (exact) mass is 474 g/mol. The number of carbonyl (C=O) groups excluding carboxylic acids is 2. The molecular formula is C24H18ClF3N2O3. The molecule has 1 aromatic heterocycles. The van der Waals surface area contributed by atoms with Gasteiger partial charge in [-0.1, -0.05) is 17.7 Å². The van der Waals surface area contributed by atoms with Crippen LogP contribution in [0, 0.1) is 6.92 Å². The van der Waals surface area contributed by atoms with Gasteiger partial charge in [0.25, 0.3) is 11.5 Å². The second kappa shape index (κ2) is 8.51. The first-order valence-corrected chi connectivity index (χ1v) is 10.5. The maximum Gasteiger partial charge on any atom is 0.416 e. The van der Waals surface area contributed by atoms with Crippen molar-refractivity contribution in [3.05, 3.63) is 91.9 Å². The predicted molar refractivity (Wildman–Crippen MR) is 118 cm³/mol. The molecule has 2 aromatic carbocycles. The molecule has 0 aliphatic heterocycles. The minimum absolute atomic E-state index is 0.141. The summed E-state index contributed by atoms with van der Waals surface area (Å²) in [7, 11) is 0. The molecule has 1 amide bonds. The van der Waals surface area contributed by atoms with Crippen molar-refractivity contribution in [2.75, 3.05) is 5.32 Å². The van der Waals surface area contributed by atoms with Crippen molar-refractivity contribution >= 4 is 29.0 Å². The Morgan fingerprint density at radius 2 is 1.73 bits per heavy atom. The summed E-state index contributed by atoms with van der Waals surface area (Å²) in [4.78, 5) is 38.9. The number of aryl methyl sites for hydroxylation is 1. The Labute approximate surface area is 191 Å². The first kappa shape index (κ1) is 22.8. The lowest BCUT2D eigenvalue weighted by Gasteiger charge is -2.22. The quantitative estimate of drug-likeness (QED) is 0.538. The van der Waals surface area contributed by atoms with Crippen molar-refractivity contribution in [3.63, 3.8) is 0 Å². The summed E-state index contributed by atoms with van der Waals surface area (Å²) in [5.74, 6) is -1.01. The highest BCUT2D eigenvalue weighted by atomic mass is 35.5. The van der Waals surface area contributed by atoms with Crippen LogP contribution >= 0.6 is 11.6 Å². The number of nitrogens with zero attached hydrogens (tertiary/aromatic N) is 1. The van der Waals surface area contributed by atoms with Gasteiger partial charge in [-0.3, -0.25) is 19.0 Å². The summed E-state index contributed by atoms with van der Waals surface area (Å²) in [6, 6.07) is 10.3. The highest BCUT2D eigenvalue weighted by molar-refractivity contribution is 6.34. The Bertz CT molecular complexity index is 1330. The number of hydrogen-bond acceptors (Lipinski definition) is 3. The van der Waals surface area contributed by atoms with E-state index in [2.05, 4.69) is 5.32 Å². The molecule has 5 nitrogen and oxygen atoms in total. The number of pyridine rings is 1. The third kappa shape index (κ3) is 4.43. The lowest BCUT2D eigenvalue weighted by molar-refractivity contribution is -0.137. The second-order valence-corrected chi connectivity index (χ2v) is 8.22. The molecule has 9 heteroatoms. The summed E-state index contributed by atoms with van der Waals surface area (Å²) in [5.41, 5.74) is -0.0146. The highest BCUT2D eigenvalue weighted by Crippen LogP contribution is 2.30.